The molecule has 2 heterocycles. The maximum atomic E-state index is 8.79. The number of nitrogen functional groups attached to an aromatic ring is 1. The Kier molecular flexibility index (Phi) is 1.62. The lowest BCUT2D eigenvalue weighted by molar-refractivity contribution is 0.669. The molecule has 3 rings (SSSR count). The number of rotatable bonds is 0. The maximum Gasteiger partial charge on any atom is 0.176 e. The predicted molar refractivity (Wildman–Crippen MR) is 60.6 cm³/mol. The second-order valence-corrected chi connectivity index (χ2v) is 3.50. The number of hydrogen-bond donors (Lipinski definition) is 1. The van der Waals surface area contributed by atoms with Crippen LogP contribution in [0.4, 0.5) is 5.69 Å². The Hall–Kier alpha value is -2.54. The lowest BCUT2D eigenvalue weighted by Gasteiger charge is -1.91. The van der Waals surface area contributed by atoms with Crippen LogP contribution in [0.1, 0.15) is 5.56 Å². The van der Waals surface area contributed by atoms with Crippen molar-refractivity contribution in [2.45, 2.75) is 0 Å². The molecule has 2 aromatic heterocycles. The Balaban J connectivity index is 2.51. The Morgan fingerprint density at radius 1 is 1.31 bits per heavy atom. The number of pyridine rings is 1. The molecule has 0 fully saturated rings. The fourth-order valence-electron chi connectivity index (χ4n) is 1.74. The summed E-state index contributed by atoms with van der Waals surface area (Å²) in [6.45, 7) is 0. The summed E-state index contributed by atoms with van der Waals surface area (Å²) in [7, 11) is 0. The minimum atomic E-state index is 0.555. The summed E-state index contributed by atoms with van der Waals surface area (Å²) in [4.78, 5) is 4.23. The van der Waals surface area contributed by atoms with Crippen LogP contribution in [0.3, 0.4) is 0 Å². The summed E-state index contributed by atoms with van der Waals surface area (Å²) in [6, 6.07) is 9.01. The lowest BCUT2D eigenvalue weighted by atomic mass is 10.1. The van der Waals surface area contributed by atoms with Gasteiger partial charge in [0.25, 0.3) is 0 Å². The molecule has 3 aromatic rings. The first-order valence-corrected chi connectivity index (χ1v) is 4.76. The van der Waals surface area contributed by atoms with Gasteiger partial charge in [-0.05, 0) is 24.3 Å². The highest BCUT2D eigenvalue weighted by molar-refractivity contribution is 6.06. The van der Waals surface area contributed by atoms with Gasteiger partial charge >= 0.3 is 0 Å². The summed E-state index contributed by atoms with van der Waals surface area (Å²) in [5.74, 6) is 0. The number of nitrogens with two attached hydrogens (primary N) is 1. The Labute approximate surface area is 90.9 Å². The van der Waals surface area contributed by atoms with Gasteiger partial charge in [0, 0.05) is 11.6 Å². The van der Waals surface area contributed by atoms with E-state index in [1.54, 1.807) is 24.4 Å². The van der Waals surface area contributed by atoms with Gasteiger partial charge in [0.1, 0.15) is 11.1 Å². The van der Waals surface area contributed by atoms with E-state index in [-0.39, 0.29) is 0 Å². The van der Waals surface area contributed by atoms with Gasteiger partial charge in [0.05, 0.1) is 17.3 Å². The van der Waals surface area contributed by atoms with Crippen molar-refractivity contribution in [1.29, 1.82) is 5.26 Å². The average Bonchev–Trinajstić information content (AvgIpc) is 2.68. The van der Waals surface area contributed by atoms with E-state index in [2.05, 4.69) is 11.1 Å². The molecule has 0 atom stereocenters. The minimum Gasteiger partial charge on any atom is -0.452 e. The van der Waals surface area contributed by atoms with Gasteiger partial charge in [-0.2, -0.15) is 5.26 Å². The normalized spacial score (nSPS) is 10.7. The molecule has 76 valence electrons. The van der Waals surface area contributed by atoms with Gasteiger partial charge in [-0.25, -0.2) is 0 Å². The van der Waals surface area contributed by atoms with E-state index in [0.29, 0.717) is 22.4 Å². The van der Waals surface area contributed by atoms with E-state index in [4.69, 9.17) is 15.4 Å². The highest BCUT2D eigenvalue weighted by atomic mass is 16.3. The lowest BCUT2D eigenvalue weighted by Crippen LogP contribution is -1.85. The molecule has 0 saturated carbocycles. The molecule has 0 aliphatic rings. The molecule has 4 nitrogen and oxygen atoms in total. The standard InChI is InChI=1S/C12H7N3O/c13-6-7-1-2-8-10(5-7)16-12-9(14)3-4-15-11(8)12/h1-5H,(H2,14,15). The number of aromatic nitrogens is 1. The third-order valence-electron chi connectivity index (χ3n) is 2.51. The number of hydrogen-bond acceptors (Lipinski definition) is 4. The molecule has 4 heteroatoms. The molecule has 0 bridgehead atoms. The smallest absolute Gasteiger partial charge is 0.176 e. The van der Waals surface area contributed by atoms with E-state index < -0.39 is 0 Å². The molecular formula is C12H7N3O. The second-order valence-electron chi connectivity index (χ2n) is 3.50. The monoisotopic (exact) mass is 209 g/mol. The van der Waals surface area contributed by atoms with Gasteiger partial charge in [-0.3, -0.25) is 4.98 Å². The van der Waals surface area contributed by atoms with Crippen molar-refractivity contribution >= 4 is 27.8 Å². The molecule has 0 spiro atoms. The van der Waals surface area contributed by atoms with Gasteiger partial charge in [0.15, 0.2) is 5.58 Å². The first-order valence-electron chi connectivity index (χ1n) is 4.76. The number of nitrogens with zero attached hydrogens (tertiary/aromatic N) is 2. The quantitative estimate of drug-likeness (QED) is 0.616. The number of nitriles is 1. The molecule has 2 N–H and O–H groups in total. The van der Waals surface area contributed by atoms with E-state index in [1.807, 2.05) is 6.07 Å². The second kappa shape index (κ2) is 2.97. The van der Waals surface area contributed by atoms with E-state index in [1.165, 1.54) is 0 Å². The van der Waals surface area contributed by atoms with Crippen molar-refractivity contribution in [3.05, 3.63) is 36.0 Å². The molecule has 1 aromatic carbocycles. The zero-order valence-corrected chi connectivity index (χ0v) is 8.27. The molecule has 0 radical (unpaired) electrons. The number of anilines is 1. The van der Waals surface area contributed by atoms with Crippen LogP contribution in [0.5, 0.6) is 0 Å². The minimum absolute atomic E-state index is 0.555. The molecule has 0 saturated heterocycles. The van der Waals surface area contributed by atoms with Gasteiger partial charge in [-0.15, -0.1) is 0 Å². The molecule has 0 unspecified atom stereocenters. The molecule has 0 aliphatic carbocycles. The van der Waals surface area contributed by atoms with Crippen molar-refractivity contribution in [3.63, 3.8) is 0 Å². The van der Waals surface area contributed by atoms with E-state index in [9.17, 15) is 0 Å². The SMILES string of the molecule is N#Cc1ccc2c(c1)oc1c(N)ccnc12. The topological polar surface area (TPSA) is 75.8 Å². The Morgan fingerprint density at radius 3 is 3.00 bits per heavy atom. The largest absolute Gasteiger partial charge is 0.452 e. The van der Waals surface area contributed by atoms with Gasteiger partial charge < -0.3 is 10.2 Å². The molecule has 0 amide bonds. The summed E-state index contributed by atoms with van der Waals surface area (Å²) in [6.07, 6.45) is 1.64. The van der Waals surface area contributed by atoms with Gasteiger partial charge in [-0.1, -0.05) is 0 Å². The molecule has 16 heavy (non-hydrogen) atoms. The van der Waals surface area contributed by atoms with Gasteiger partial charge in [0.2, 0.25) is 0 Å². The first kappa shape index (κ1) is 8.74. The number of benzene rings is 1. The van der Waals surface area contributed by atoms with Crippen LogP contribution in [0.25, 0.3) is 22.1 Å². The number of fused-ring (bicyclic) bond motifs is 3. The Morgan fingerprint density at radius 2 is 2.19 bits per heavy atom. The molecular weight excluding hydrogens is 202 g/mol. The van der Waals surface area contributed by atoms with Crippen LogP contribution in [0, 0.1) is 11.3 Å². The van der Waals surface area contributed by atoms with Crippen molar-refractivity contribution in [2.75, 3.05) is 5.73 Å². The van der Waals surface area contributed by atoms with Crippen LogP contribution >= 0.6 is 0 Å². The zero-order valence-electron chi connectivity index (χ0n) is 8.27. The summed E-state index contributed by atoms with van der Waals surface area (Å²) in [5, 5.41) is 9.67. The summed E-state index contributed by atoms with van der Waals surface area (Å²) in [5.41, 5.74) is 8.86. The highest BCUT2D eigenvalue weighted by Gasteiger charge is 2.10. The van der Waals surface area contributed by atoms with Crippen molar-refractivity contribution in [1.82, 2.24) is 4.98 Å². The highest BCUT2D eigenvalue weighted by Crippen LogP contribution is 2.30. The summed E-state index contributed by atoms with van der Waals surface area (Å²) >= 11 is 0. The summed E-state index contributed by atoms with van der Waals surface area (Å²) < 4.78 is 5.59. The predicted octanol–water partition coefficient (Wildman–Crippen LogP) is 2.43. The van der Waals surface area contributed by atoms with E-state index >= 15 is 0 Å². The zero-order chi connectivity index (χ0) is 11.1. The fourth-order valence-corrected chi connectivity index (χ4v) is 1.74. The first-order chi connectivity index (χ1) is 7.79. The number of furan rings is 1. The third kappa shape index (κ3) is 1.06. The Bertz CT molecular complexity index is 737. The fraction of sp³-hybridized carbons (Fsp3) is 0. The van der Waals surface area contributed by atoms with Crippen molar-refractivity contribution in [3.8, 4) is 6.07 Å². The maximum absolute atomic E-state index is 8.79. The average molecular weight is 209 g/mol. The van der Waals surface area contributed by atoms with Crippen molar-refractivity contribution < 1.29 is 4.42 Å². The van der Waals surface area contributed by atoms with Crippen LogP contribution in [-0.4, -0.2) is 4.98 Å². The van der Waals surface area contributed by atoms with Crippen molar-refractivity contribution in [2.24, 2.45) is 0 Å². The van der Waals surface area contributed by atoms with Crippen LogP contribution in [0.15, 0.2) is 34.9 Å². The molecule has 0 aliphatic heterocycles. The third-order valence-corrected chi connectivity index (χ3v) is 2.51. The van der Waals surface area contributed by atoms with Crippen LogP contribution in [-0.2, 0) is 0 Å². The van der Waals surface area contributed by atoms with Crippen LogP contribution < -0.4 is 5.73 Å². The van der Waals surface area contributed by atoms with E-state index in [0.717, 1.165) is 10.9 Å². The van der Waals surface area contributed by atoms with Crippen LogP contribution in [0.2, 0.25) is 0 Å².